The summed E-state index contributed by atoms with van der Waals surface area (Å²) in [6.45, 7) is 1.73. The Labute approximate surface area is 118 Å². The highest BCUT2D eigenvalue weighted by atomic mass is 35.5. The number of nitro groups is 1. The summed E-state index contributed by atoms with van der Waals surface area (Å²) in [4.78, 5) is 10.3. The summed E-state index contributed by atoms with van der Waals surface area (Å²) in [6.07, 6.45) is 0. The lowest BCUT2D eigenvalue weighted by Crippen LogP contribution is -1.96. The Balaban J connectivity index is 2.47. The van der Waals surface area contributed by atoms with Gasteiger partial charge in [0.05, 0.1) is 9.95 Å². The average molecular weight is 297 g/mol. The molecule has 0 saturated heterocycles. The van der Waals surface area contributed by atoms with E-state index in [0.29, 0.717) is 17.0 Å². The molecule has 2 aromatic rings. The Morgan fingerprint density at radius 3 is 2.60 bits per heavy atom. The average Bonchev–Trinajstić information content (AvgIpc) is 2.36. The van der Waals surface area contributed by atoms with E-state index in [1.807, 2.05) is 0 Å². The first-order chi connectivity index (χ1) is 9.38. The van der Waals surface area contributed by atoms with Crippen molar-refractivity contribution in [3.05, 3.63) is 56.8 Å². The SMILES string of the molecule is Cc1cc(N)ccc1Oc1cc(F)c(Cl)cc1[N+](=O)[O-]. The zero-order valence-corrected chi connectivity index (χ0v) is 11.1. The molecule has 2 rings (SSSR count). The maximum absolute atomic E-state index is 13.4. The second kappa shape index (κ2) is 5.34. The molecule has 0 atom stereocenters. The number of anilines is 1. The van der Waals surface area contributed by atoms with Gasteiger partial charge in [-0.3, -0.25) is 10.1 Å². The first-order valence-electron chi connectivity index (χ1n) is 5.56. The fourth-order valence-electron chi connectivity index (χ4n) is 1.65. The molecule has 0 aliphatic rings. The molecule has 0 aliphatic heterocycles. The molecular formula is C13H10ClFN2O3. The van der Waals surface area contributed by atoms with E-state index in [9.17, 15) is 14.5 Å². The lowest BCUT2D eigenvalue weighted by molar-refractivity contribution is -0.385. The molecule has 2 aromatic carbocycles. The number of aryl methyl sites for hydroxylation is 1. The van der Waals surface area contributed by atoms with Gasteiger partial charge in [-0.15, -0.1) is 0 Å². The van der Waals surface area contributed by atoms with Gasteiger partial charge in [0.2, 0.25) is 5.75 Å². The largest absolute Gasteiger partial charge is 0.450 e. The summed E-state index contributed by atoms with van der Waals surface area (Å²) in [5.41, 5.74) is 6.40. The van der Waals surface area contributed by atoms with Gasteiger partial charge in [0.1, 0.15) is 11.6 Å². The molecule has 104 valence electrons. The highest BCUT2D eigenvalue weighted by molar-refractivity contribution is 6.31. The van der Waals surface area contributed by atoms with Crippen LogP contribution in [0.4, 0.5) is 15.8 Å². The molecule has 0 amide bonds. The Morgan fingerprint density at radius 1 is 1.30 bits per heavy atom. The van der Waals surface area contributed by atoms with E-state index in [4.69, 9.17) is 22.1 Å². The van der Waals surface area contributed by atoms with Crippen LogP contribution >= 0.6 is 11.6 Å². The minimum absolute atomic E-state index is 0.218. The van der Waals surface area contributed by atoms with E-state index in [1.54, 1.807) is 25.1 Å². The highest BCUT2D eigenvalue weighted by Gasteiger charge is 2.20. The molecule has 0 bridgehead atoms. The second-order valence-corrected chi connectivity index (χ2v) is 4.53. The van der Waals surface area contributed by atoms with Crippen LogP contribution in [0.25, 0.3) is 0 Å². The molecule has 0 heterocycles. The lowest BCUT2D eigenvalue weighted by Gasteiger charge is -2.10. The summed E-state index contributed by atoms with van der Waals surface area (Å²) >= 11 is 5.53. The fraction of sp³-hybridized carbons (Fsp3) is 0.0769. The fourth-order valence-corrected chi connectivity index (χ4v) is 1.81. The first-order valence-corrected chi connectivity index (χ1v) is 5.93. The predicted molar refractivity (Wildman–Crippen MR) is 73.7 cm³/mol. The topological polar surface area (TPSA) is 78.4 Å². The van der Waals surface area contributed by atoms with E-state index in [1.165, 1.54) is 0 Å². The zero-order chi connectivity index (χ0) is 14.9. The summed E-state index contributed by atoms with van der Waals surface area (Å²) in [6, 6.07) is 6.59. The van der Waals surface area contributed by atoms with Gasteiger partial charge in [-0.25, -0.2) is 4.39 Å². The minimum atomic E-state index is -0.791. The number of nitrogens with two attached hydrogens (primary N) is 1. The van der Waals surface area contributed by atoms with E-state index in [-0.39, 0.29) is 10.8 Å². The van der Waals surface area contributed by atoms with Gasteiger partial charge in [-0.05, 0) is 30.7 Å². The van der Waals surface area contributed by atoms with Crippen LogP contribution in [-0.4, -0.2) is 4.92 Å². The number of rotatable bonds is 3. The molecule has 0 spiro atoms. The monoisotopic (exact) mass is 296 g/mol. The van der Waals surface area contributed by atoms with Crippen LogP contribution in [0.15, 0.2) is 30.3 Å². The van der Waals surface area contributed by atoms with Crippen LogP contribution in [0.2, 0.25) is 5.02 Å². The van der Waals surface area contributed by atoms with E-state index in [2.05, 4.69) is 0 Å². The van der Waals surface area contributed by atoms with Gasteiger partial charge in [-0.2, -0.15) is 0 Å². The highest BCUT2D eigenvalue weighted by Crippen LogP contribution is 2.36. The van der Waals surface area contributed by atoms with Gasteiger partial charge in [-0.1, -0.05) is 11.6 Å². The minimum Gasteiger partial charge on any atom is -0.450 e. The summed E-state index contributed by atoms with van der Waals surface area (Å²) in [7, 11) is 0. The van der Waals surface area contributed by atoms with Crippen LogP contribution in [0.5, 0.6) is 11.5 Å². The number of benzene rings is 2. The van der Waals surface area contributed by atoms with Crippen LogP contribution in [0.3, 0.4) is 0 Å². The van der Waals surface area contributed by atoms with Gasteiger partial charge >= 0.3 is 5.69 Å². The van der Waals surface area contributed by atoms with Crippen molar-refractivity contribution in [1.82, 2.24) is 0 Å². The molecule has 0 radical (unpaired) electrons. The number of nitrogen functional groups attached to an aromatic ring is 1. The van der Waals surface area contributed by atoms with Crippen molar-refractivity contribution in [1.29, 1.82) is 0 Å². The van der Waals surface area contributed by atoms with Crippen molar-refractivity contribution in [3.8, 4) is 11.5 Å². The Bertz CT molecular complexity index is 692. The molecule has 0 aliphatic carbocycles. The Kier molecular flexibility index (Phi) is 3.76. The number of hydrogen-bond donors (Lipinski definition) is 1. The number of hydrogen-bond acceptors (Lipinski definition) is 4. The normalized spacial score (nSPS) is 10.3. The Hall–Kier alpha value is -2.34. The predicted octanol–water partition coefficient (Wildman–Crippen LogP) is 4.07. The number of halogens is 2. The standard InChI is InChI=1S/C13H10ClFN2O3/c1-7-4-8(16)2-3-12(7)20-13-6-10(15)9(14)5-11(13)17(18)19/h2-6H,16H2,1H3. The summed E-state index contributed by atoms with van der Waals surface area (Å²) in [5.74, 6) is -0.658. The van der Waals surface area contributed by atoms with Crippen LogP contribution < -0.4 is 10.5 Å². The number of nitrogens with zero attached hydrogens (tertiary/aromatic N) is 1. The molecule has 2 N–H and O–H groups in total. The summed E-state index contributed by atoms with van der Waals surface area (Å²) in [5, 5.41) is 10.6. The molecule has 7 heteroatoms. The quantitative estimate of drug-likeness (QED) is 0.526. The molecule has 0 unspecified atom stereocenters. The number of nitro benzene ring substituents is 1. The molecular weight excluding hydrogens is 287 g/mol. The van der Waals surface area contributed by atoms with Gasteiger partial charge in [0.15, 0.2) is 0 Å². The third-order valence-electron chi connectivity index (χ3n) is 2.62. The third-order valence-corrected chi connectivity index (χ3v) is 2.91. The van der Waals surface area contributed by atoms with Gasteiger partial charge in [0, 0.05) is 17.8 Å². The van der Waals surface area contributed by atoms with E-state index in [0.717, 1.165) is 12.1 Å². The molecule has 0 aromatic heterocycles. The lowest BCUT2D eigenvalue weighted by atomic mass is 10.2. The van der Waals surface area contributed by atoms with Crippen LogP contribution in [0.1, 0.15) is 5.56 Å². The smallest absolute Gasteiger partial charge is 0.313 e. The molecule has 0 saturated carbocycles. The van der Waals surface area contributed by atoms with Crippen molar-refractivity contribution in [3.63, 3.8) is 0 Å². The van der Waals surface area contributed by atoms with E-state index >= 15 is 0 Å². The summed E-state index contributed by atoms with van der Waals surface area (Å²) < 4.78 is 18.8. The second-order valence-electron chi connectivity index (χ2n) is 4.12. The molecule has 0 fully saturated rings. The maximum Gasteiger partial charge on any atom is 0.313 e. The molecule has 20 heavy (non-hydrogen) atoms. The van der Waals surface area contributed by atoms with Crippen molar-refractivity contribution < 1.29 is 14.1 Å². The molecule has 5 nitrogen and oxygen atoms in total. The Morgan fingerprint density at radius 2 is 2.00 bits per heavy atom. The van der Waals surface area contributed by atoms with Crippen LogP contribution in [0, 0.1) is 22.9 Å². The van der Waals surface area contributed by atoms with Gasteiger partial charge in [0.25, 0.3) is 0 Å². The van der Waals surface area contributed by atoms with Crippen molar-refractivity contribution in [2.75, 3.05) is 5.73 Å². The van der Waals surface area contributed by atoms with Crippen molar-refractivity contribution >= 4 is 23.0 Å². The van der Waals surface area contributed by atoms with Gasteiger partial charge < -0.3 is 10.5 Å². The maximum atomic E-state index is 13.4. The van der Waals surface area contributed by atoms with Crippen molar-refractivity contribution in [2.45, 2.75) is 6.92 Å². The van der Waals surface area contributed by atoms with Crippen molar-refractivity contribution in [2.24, 2.45) is 0 Å². The van der Waals surface area contributed by atoms with E-state index < -0.39 is 16.4 Å². The third kappa shape index (κ3) is 2.80. The first kappa shape index (κ1) is 14.1. The number of ether oxygens (including phenoxy) is 1. The zero-order valence-electron chi connectivity index (χ0n) is 10.4. The van der Waals surface area contributed by atoms with Crippen LogP contribution in [-0.2, 0) is 0 Å².